The average Bonchev–Trinajstić information content (AvgIpc) is 3.65. The number of cyclic esters (lactones) is 1. The molecule has 4 rings (SSSR count). The highest BCUT2D eigenvalue weighted by atomic mass is 19.1. The summed E-state index contributed by atoms with van der Waals surface area (Å²) in [7, 11) is 5.01. The van der Waals surface area contributed by atoms with Gasteiger partial charge in [0.15, 0.2) is 12.1 Å². The van der Waals surface area contributed by atoms with E-state index in [9.17, 15) is 24.6 Å². The molecule has 2 unspecified atom stereocenters. The predicted molar refractivity (Wildman–Crippen MR) is 210 cm³/mol. The first-order valence-corrected chi connectivity index (χ1v) is 19.7. The van der Waals surface area contributed by atoms with E-state index in [1.54, 1.807) is 33.9 Å². The number of halogens is 1. The Bertz CT molecular complexity index is 1810. The van der Waals surface area contributed by atoms with Crippen LogP contribution < -0.4 is 11.1 Å². The van der Waals surface area contributed by atoms with Crippen LogP contribution in [0.2, 0.25) is 0 Å². The number of likely N-dealkylation sites (N-methyl/N-ethyl adjacent to an activating group) is 1. The van der Waals surface area contributed by atoms with Crippen molar-refractivity contribution in [2.75, 3.05) is 33.5 Å². The number of aliphatic hydroxyl groups is 2. The Labute approximate surface area is 339 Å². The van der Waals surface area contributed by atoms with Gasteiger partial charge in [0.05, 0.1) is 42.9 Å². The van der Waals surface area contributed by atoms with Crippen LogP contribution in [0.15, 0.2) is 18.6 Å². The quantitative estimate of drug-likeness (QED) is 0.161. The Kier molecular flexibility index (Phi) is 15.3. The molecule has 0 radical (unpaired) electrons. The van der Waals surface area contributed by atoms with E-state index in [2.05, 4.69) is 37.4 Å². The normalized spacial score (nSPS) is 36.8. The van der Waals surface area contributed by atoms with Gasteiger partial charge >= 0.3 is 5.97 Å². The Morgan fingerprint density at radius 3 is 2.41 bits per heavy atom. The number of aromatic nitrogens is 5. The molecule has 2 saturated heterocycles. The molecule has 17 nitrogen and oxygen atoms in total. The zero-order valence-electron chi connectivity index (χ0n) is 35.4. The first-order valence-electron chi connectivity index (χ1n) is 19.7. The number of anilines is 1. The van der Waals surface area contributed by atoms with Gasteiger partial charge in [-0.15, -0.1) is 5.10 Å². The topological polar surface area (TPSA) is 226 Å². The van der Waals surface area contributed by atoms with Crippen LogP contribution in [-0.2, 0) is 39.9 Å². The molecule has 0 spiro atoms. The van der Waals surface area contributed by atoms with E-state index in [0.29, 0.717) is 17.8 Å². The first kappa shape index (κ1) is 46.7. The molecule has 0 bridgehead atoms. The minimum Gasteiger partial charge on any atom is -0.457 e. The highest BCUT2D eigenvalue weighted by Gasteiger charge is 2.56. The number of ketones is 2. The lowest BCUT2D eigenvalue weighted by molar-refractivity contribution is -0.295. The van der Waals surface area contributed by atoms with Crippen LogP contribution >= 0.6 is 0 Å². The van der Waals surface area contributed by atoms with E-state index in [4.69, 9.17) is 24.7 Å². The highest BCUT2D eigenvalue weighted by Crippen LogP contribution is 2.39. The van der Waals surface area contributed by atoms with E-state index in [0.717, 1.165) is 6.92 Å². The molecule has 0 aromatic carbocycles. The highest BCUT2D eigenvalue weighted by molar-refractivity contribution is 6.07. The number of ether oxygens (including phenoxy) is 4. The molecule has 322 valence electrons. The van der Waals surface area contributed by atoms with Crippen molar-refractivity contribution < 1.29 is 47.9 Å². The molecule has 0 aliphatic carbocycles. The number of nitrogens with one attached hydrogen (secondary N) is 1. The molecule has 2 aliphatic heterocycles. The number of hydrogen-bond donors (Lipinski definition) is 4. The summed E-state index contributed by atoms with van der Waals surface area (Å²) in [6.07, 6.45) is -0.390. The monoisotopic (exact) mass is 816 g/mol. The number of nitrogens with two attached hydrogens (primary N) is 1. The van der Waals surface area contributed by atoms with E-state index in [1.165, 1.54) is 38.0 Å². The van der Waals surface area contributed by atoms with Gasteiger partial charge in [-0.25, -0.2) is 18.9 Å². The standard InChI is InChI=1S/C40H61FN8O9/c1-12-29-40(8,54)33(44-15-13-14-16-49-21-27(46-47-49)26-19-43-20-30(42)45-26)24(4)31(50)22(2)18-38(6,55-11)35(25(5)34(52)39(7,41)37(53)57-29)58-36-32(51)28(48(9)10)17-23(3)56-36/h19-25,28-29,32-33,35-36,44,51,54H,12,15-18H2,1-11H3,(H2,42,45)/t22-,23-,24+,25+,28?,29-,32?,33-,35-,36+,38-,39+,40-/m1/s1. The third-order valence-electron chi connectivity index (χ3n) is 11.6. The maximum atomic E-state index is 16.7. The van der Waals surface area contributed by atoms with E-state index in [1.807, 2.05) is 25.9 Å². The van der Waals surface area contributed by atoms with Crippen molar-refractivity contribution in [1.29, 1.82) is 0 Å². The second kappa shape index (κ2) is 19.0. The number of nitrogen functional groups attached to an aromatic ring is 1. The number of aliphatic hydroxyl groups excluding tert-OH is 1. The number of carbonyl (C=O) groups is 3. The van der Waals surface area contributed by atoms with E-state index in [-0.39, 0.29) is 49.7 Å². The molecule has 2 aromatic heterocycles. The molecule has 2 aromatic rings. The number of esters is 1. The van der Waals surface area contributed by atoms with Crippen LogP contribution in [0, 0.1) is 29.6 Å². The van der Waals surface area contributed by atoms with Crippen LogP contribution in [0.5, 0.6) is 0 Å². The van der Waals surface area contributed by atoms with Gasteiger partial charge in [-0.1, -0.05) is 44.7 Å². The number of rotatable bonds is 9. The summed E-state index contributed by atoms with van der Waals surface area (Å²) < 4.78 is 42.4. The van der Waals surface area contributed by atoms with Crippen LogP contribution in [0.3, 0.4) is 0 Å². The van der Waals surface area contributed by atoms with Crippen molar-refractivity contribution in [2.45, 2.75) is 141 Å². The number of hydrogen-bond acceptors (Lipinski definition) is 16. The van der Waals surface area contributed by atoms with Crippen molar-refractivity contribution in [1.82, 2.24) is 35.2 Å². The average molecular weight is 817 g/mol. The van der Waals surface area contributed by atoms with Crippen molar-refractivity contribution in [2.24, 2.45) is 17.8 Å². The summed E-state index contributed by atoms with van der Waals surface area (Å²) >= 11 is 0. The van der Waals surface area contributed by atoms with Gasteiger partial charge in [-0.3, -0.25) is 19.9 Å². The fraction of sp³-hybridized carbons (Fsp3) is 0.725. The zero-order valence-corrected chi connectivity index (χ0v) is 35.4. The second-order valence-corrected chi connectivity index (χ2v) is 16.5. The lowest BCUT2D eigenvalue weighted by Gasteiger charge is -2.47. The Morgan fingerprint density at radius 1 is 1.10 bits per heavy atom. The van der Waals surface area contributed by atoms with E-state index < -0.39 is 77.0 Å². The third kappa shape index (κ3) is 10.2. The first-order chi connectivity index (χ1) is 27.1. The molecule has 4 heterocycles. The SMILES string of the molecule is CC[C@H]1OC(=O)[C@@](C)(F)C(=O)[C@H](C)[C@@H](O[C@@H]2O[C@H](C)CC(N(C)C)C2O)[C@](C)(OC)C[C@@H](C)C(=O)[C@H](C)[C@@H](NCC#CCn2cc(-c3cncc(N)n3)nn2)[C@]1(C)O. The van der Waals surface area contributed by atoms with Gasteiger partial charge < -0.3 is 39.8 Å². The number of methoxy groups -OCH3 is 1. The largest absolute Gasteiger partial charge is 0.457 e. The van der Waals surface area contributed by atoms with Crippen LogP contribution in [0.25, 0.3) is 11.4 Å². The van der Waals surface area contributed by atoms with Gasteiger partial charge in [-0.2, -0.15) is 0 Å². The van der Waals surface area contributed by atoms with Crippen molar-refractivity contribution in [3.8, 4) is 23.2 Å². The van der Waals surface area contributed by atoms with Crippen LogP contribution in [-0.4, -0.2) is 145 Å². The van der Waals surface area contributed by atoms with Gasteiger partial charge in [0.25, 0.3) is 5.67 Å². The zero-order chi connectivity index (χ0) is 43.3. The molecule has 0 saturated carbocycles. The number of nitrogens with zero attached hydrogens (tertiary/aromatic N) is 6. The van der Waals surface area contributed by atoms with Crippen molar-refractivity contribution in [3.05, 3.63) is 18.6 Å². The third-order valence-corrected chi connectivity index (χ3v) is 11.6. The van der Waals surface area contributed by atoms with Crippen LogP contribution in [0.4, 0.5) is 10.2 Å². The Balaban J connectivity index is 1.66. The number of Topliss-reactive ketones (excluding diaryl/α,β-unsaturated/α-hetero) is 2. The smallest absolute Gasteiger partial charge is 0.351 e. The number of alkyl halides is 1. The maximum Gasteiger partial charge on any atom is 0.351 e. The summed E-state index contributed by atoms with van der Waals surface area (Å²) in [5, 5.41) is 34.9. The molecule has 0 amide bonds. The Hall–Kier alpha value is -3.96. The predicted octanol–water partition coefficient (Wildman–Crippen LogP) is 1.75. The van der Waals surface area contributed by atoms with Gasteiger partial charge in [0.1, 0.15) is 47.3 Å². The minimum atomic E-state index is -3.20. The van der Waals surface area contributed by atoms with Crippen molar-refractivity contribution in [3.63, 3.8) is 0 Å². The molecule has 2 aliphatic rings. The fourth-order valence-corrected chi connectivity index (χ4v) is 8.20. The lowest BCUT2D eigenvalue weighted by Crippen LogP contribution is -2.63. The minimum absolute atomic E-state index is 0.0145. The van der Waals surface area contributed by atoms with Crippen LogP contribution in [0.1, 0.15) is 74.7 Å². The lowest BCUT2D eigenvalue weighted by atomic mass is 9.73. The van der Waals surface area contributed by atoms with Gasteiger partial charge in [0, 0.05) is 36.9 Å². The molecule has 2 fully saturated rings. The molecular weight excluding hydrogens is 755 g/mol. The maximum absolute atomic E-state index is 16.7. The molecule has 18 heteroatoms. The van der Waals surface area contributed by atoms with Crippen molar-refractivity contribution >= 4 is 23.4 Å². The molecule has 58 heavy (non-hydrogen) atoms. The molecular formula is C40H61FN8O9. The van der Waals surface area contributed by atoms with E-state index >= 15 is 4.39 Å². The van der Waals surface area contributed by atoms with Gasteiger partial charge in [0.2, 0.25) is 0 Å². The summed E-state index contributed by atoms with van der Waals surface area (Å²) in [6, 6.07) is -1.44. The fourth-order valence-electron chi connectivity index (χ4n) is 8.20. The van der Waals surface area contributed by atoms with Gasteiger partial charge in [-0.05, 0) is 61.1 Å². The molecule has 13 atom stereocenters. The molecule has 5 N–H and O–H groups in total. The summed E-state index contributed by atoms with van der Waals surface area (Å²) in [4.78, 5) is 52.3. The summed E-state index contributed by atoms with van der Waals surface area (Å²) in [5.74, 6) is 0.170. The second-order valence-electron chi connectivity index (χ2n) is 16.5. The number of carbonyl (C=O) groups excluding carboxylic acids is 3. The summed E-state index contributed by atoms with van der Waals surface area (Å²) in [6.45, 7) is 12.2. The summed E-state index contributed by atoms with van der Waals surface area (Å²) in [5.41, 5.74) is 0.00966. The Morgan fingerprint density at radius 2 is 1.79 bits per heavy atom.